The molecule has 2 heterocycles. The fourth-order valence-corrected chi connectivity index (χ4v) is 2.07. The Morgan fingerprint density at radius 2 is 2.35 bits per heavy atom. The van der Waals surface area contributed by atoms with Crippen LogP contribution >= 0.6 is 0 Å². The number of pyridine rings is 1. The van der Waals surface area contributed by atoms with Gasteiger partial charge in [-0.25, -0.2) is 0 Å². The van der Waals surface area contributed by atoms with E-state index in [0.29, 0.717) is 12.8 Å². The number of carbonyl (C=O) groups excluding carboxylic acids is 1. The molecular weight excluding hydrogens is 252 g/mol. The Bertz CT molecular complexity index is 551. The number of amides is 1. The zero-order valence-corrected chi connectivity index (χ0v) is 11.9. The zero-order valence-electron chi connectivity index (χ0n) is 11.9. The second kappa shape index (κ2) is 6.84. The topological polar surface area (TPSA) is 70.7 Å². The fourth-order valence-electron chi connectivity index (χ4n) is 2.07. The van der Waals surface area contributed by atoms with Gasteiger partial charge in [-0.3, -0.25) is 14.9 Å². The summed E-state index contributed by atoms with van der Waals surface area (Å²) in [6, 6.07) is 3.95. The van der Waals surface area contributed by atoms with Gasteiger partial charge in [0, 0.05) is 18.8 Å². The first kappa shape index (κ1) is 14.2. The van der Waals surface area contributed by atoms with Crippen molar-refractivity contribution >= 4 is 5.91 Å². The molecule has 0 saturated heterocycles. The van der Waals surface area contributed by atoms with Crippen LogP contribution in [0, 0.1) is 6.92 Å². The lowest BCUT2D eigenvalue weighted by Gasteiger charge is -2.16. The second-order valence-electron chi connectivity index (χ2n) is 4.89. The summed E-state index contributed by atoms with van der Waals surface area (Å²) >= 11 is 0. The first-order chi connectivity index (χ1) is 9.69. The maximum Gasteiger partial charge on any atom is 0.220 e. The molecule has 0 fully saturated rings. The van der Waals surface area contributed by atoms with Gasteiger partial charge in [0.2, 0.25) is 5.91 Å². The van der Waals surface area contributed by atoms with E-state index in [2.05, 4.69) is 20.5 Å². The van der Waals surface area contributed by atoms with E-state index in [4.69, 9.17) is 0 Å². The minimum absolute atomic E-state index is 0.0215. The minimum Gasteiger partial charge on any atom is -0.348 e. The average molecular weight is 272 g/mol. The Labute approximate surface area is 118 Å². The number of aromatic amines is 1. The largest absolute Gasteiger partial charge is 0.348 e. The number of hydrogen-bond donors (Lipinski definition) is 2. The van der Waals surface area contributed by atoms with Gasteiger partial charge in [0.25, 0.3) is 0 Å². The fraction of sp³-hybridized carbons (Fsp3) is 0.400. The van der Waals surface area contributed by atoms with Crippen molar-refractivity contribution in [3.8, 4) is 0 Å². The summed E-state index contributed by atoms with van der Waals surface area (Å²) in [5, 5.41) is 9.65. The van der Waals surface area contributed by atoms with Gasteiger partial charge < -0.3 is 5.32 Å². The zero-order chi connectivity index (χ0) is 14.4. The summed E-state index contributed by atoms with van der Waals surface area (Å²) in [6.45, 7) is 4.07. The van der Waals surface area contributed by atoms with Gasteiger partial charge in [0.15, 0.2) is 0 Å². The van der Waals surface area contributed by atoms with Crippen molar-refractivity contribution in [3.63, 3.8) is 0 Å². The Hall–Kier alpha value is -2.17. The molecule has 0 radical (unpaired) electrons. The van der Waals surface area contributed by atoms with E-state index in [1.807, 2.05) is 32.2 Å². The van der Waals surface area contributed by atoms with E-state index in [9.17, 15) is 4.79 Å². The molecule has 0 aliphatic rings. The molecule has 2 rings (SSSR count). The highest BCUT2D eigenvalue weighted by Crippen LogP contribution is 2.15. The number of aromatic nitrogens is 3. The van der Waals surface area contributed by atoms with Gasteiger partial charge in [-0.15, -0.1) is 0 Å². The SMILES string of the molecule is CCC(NC(=O)CCc1cn[nH]c1)c1cc(C)ccn1. The molecule has 0 aliphatic heterocycles. The van der Waals surface area contributed by atoms with E-state index in [0.717, 1.165) is 23.2 Å². The summed E-state index contributed by atoms with van der Waals surface area (Å²) in [5.74, 6) is 0.0429. The van der Waals surface area contributed by atoms with Gasteiger partial charge >= 0.3 is 0 Å². The van der Waals surface area contributed by atoms with Crippen LogP contribution in [0.4, 0.5) is 0 Å². The molecule has 2 N–H and O–H groups in total. The monoisotopic (exact) mass is 272 g/mol. The molecular formula is C15H20N4O. The van der Waals surface area contributed by atoms with Crippen molar-refractivity contribution in [2.75, 3.05) is 0 Å². The molecule has 0 aliphatic carbocycles. The maximum absolute atomic E-state index is 12.0. The molecule has 5 nitrogen and oxygen atoms in total. The third kappa shape index (κ3) is 3.91. The quantitative estimate of drug-likeness (QED) is 0.847. The normalized spacial score (nSPS) is 12.1. The Balaban J connectivity index is 1.91. The summed E-state index contributed by atoms with van der Waals surface area (Å²) in [7, 11) is 0. The predicted octanol–water partition coefficient (Wildman–Crippen LogP) is 2.31. The summed E-state index contributed by atoms with van der Waals surface area (Å²) in [6.07, 6.45) is 7.32. The van der Waals surface area contributed by atoms with Gasteiger partial charge in [-0.2, -0.15) is 5.10 Å². The molecule has 0 saturated carbocycles. The van der Waals surface area contributed by atoms with Gasteiger partial charge in [-0.05, 0) is 43.0 Å². The highest BCUT2D eigenvalue weighted by Gasteiger charge is 2.14. The lowest BCUT2D eigenvalue weighted by Crippen LogP contribution is -2.28. The van der Waals surface area contributed by atoms with Crippen LogP contribution in [0.2, 0.25) is 0 Å². The van der Waals surface area contributed by atoms with Gasteiger partial charge in [0.1, 0.15) is 0 Å². The van der Waals surface area contributed by atoms with E-state index in [1.54, 1.807) is 12.4 Å². The Kier molecular flexibility index (Phi) is 4.87. The molecule has 106 valence electrons. The highest BCUT2D eigenvalue weighted by molar-refractivity contribution is 5.76. The molecule has 0 aromatic carbocycles. The first-order valence-corrected chi connectivity index (χ1v) is 6.88. The van der Waals surface area contributed by atoms with Crippen LogP contribution in [0.15, 0.2) is 30.7 Å². The van der Waals surface area contributed by atoms with Crippen LogP contribution in [-0.2, 0) is 11.2 Å². The van der Waals surface area contributed by atoms with Crippen LogP contribution in [0.1, 0.15) is 42.6 Å². The molecule has 2 aromatic heterocycles. The van der Waals surface area contributed by atoms with Gasteiger partial charge in [-0.1, -0.05) is 6.92 Å². The lowest BCUT2D eigenvalue weighted by atomic mass is 10.1. The first-order valence-electron chi connectivity index (χ1n) is 6.88. The molecule has 0 spiro atoms. The molecule has 5 heteroatoms. The van der Waals surface area contributed by atoms with Crippen molar-refractivity contribution in [2.45, 2.75) is 39.2 Å². The number of rotatable bonds is 6. The van der Waals surface area contributed by atoms with E-state index < -0.39 is 0 Å². The molecule has 2 aromatic rings. The number of nitrogens with zero attached hydrogens (tertiary/aromatic N) is 2. The van der Waals surface area contributed by atoms with Gasteiger partial charge in [0.05, 0.1) is 17.9 Å². The third-order valence-electron chi connectivity index (χ3n) is 3.23. The lowest BCUT2D eigenvalue weighted by molar-refractivity contribution is -0.121. The number of carbonyl (C=O) groups is 1. The van der Waals surface area contributed by atoms with Crippen LogP contribution in [0.5, 0.6) is 0 Å². The number of H-pyrrole nitrogens is 1. The maximum atomic E-state index is 12.0. The summed E-state index contributed by atoms with van der Waals surface area (Å²) < 4.78 is 0. The van der Waals surface area contributed by atoms with Crippen molar-refractivity contribution in [2.24, 2.45) is 0 Å². The number of hydrogen-bond acceptors (Lipinski definition) is 3. The Morgan fingerprint density at radius 1 is 1.50 bits per heavy atom. The van der Waals surface area contributed by atoms with Crippen LogP contribution in [0.3, 0.4) is 0 Å². The molecule has 0 bridgehead atoms. The number of nitrogens with one attached hydrogen (secondary N) is 2. The van der Waals surface area contributed by atoms with E-state index >= 15 is 0 Å². The predicted molar refractivity (Wildman–Crippen MR) is 77.1 cm³/mol. The highest BCUT2D eigenvalue weighted by atomic mass is 16.1. The molecule has 1 unspecified atom stereocenters. The average Bonchev–Trinajstić information content (AvgIpc) is 2.96. The van der Waals surface area contributed by atoms with Crippen molar-refractivity contribution in [1.29, 1.82) is 0 Å². The van der Waals surface area contributed by atoms with E-state index in [-0.39, 0.29) is 11.9 Å². The summed E-state index contributed by atoms with van der Waals surface area (Å²) in [4.78, 5) is 16.3. The number of aryl methyl sites for hydroxylation is 2. The Morgan fingerprint density at radius 3 is 3.00 bits per heavy atom. The minimum atomic E-state index is -0.0215. The van der Waals surface area contributed by atoms with E-state index in [1.165, 1.54) is 0 Å². The molecule has 20 heavy (non-hydrogen) atoms. The second-order valence-corrected chi connectivity index (χ2v) is 4.89. The summed E-state index contributed by atoms with van der Waals surface area (Å²) in [5.41, 5.74) is 3.12. The van der Waals surface area contributed by atoms with Crippen molar-refractivity contribution in [3.05, 3.63) is 47.5 Å². The van der Waals surface area contributed by atoms with Crippen LogP contribution < -0.4 is 5.32 Å². The molecule has 1 amide bonds. The van der Waals surface area contributed by atoms with Crippen molar-refractivity contribution < 1.29 is 4.79 Å². The standard InChI is InChI=1S/C15H20N4O/c1-3-13(14-8-11(2)6-7-16-14)19-15(20)5-4-12-9-17-18-10-12/h6-10,13H,3-5H2,1-2H3,(H,17,18)(H,19,20). The van der Waals surface area contributed by atoms with Crippen molar-refractivity contribution in [1.82, 2.24) is 20.5 Å². The van der Waals surface area contributed by atoms with Crippen LogP contribution in [-0.4, -0.2) is 21.1 Å². The van der Waals surface area contributed by atoms with Crippen LogP contribution in [0.25, 0.3) is 0 Å². The molecule has 1 atom stereocenters. The third-order valence-corrected chi connectivity index (χ3v) is 3.23. The smallest absolute Gasteiger partial charge is 0.220 e.